The molecule has 8 nitrogen and oxygen atoms in total. The Morgan fingerprint density at radius 2 is 1.84 bits per heavy atom. The number of halogens is 1. The van der Waals surface area contributed by atoms with Crippen LogP contribution in [0.25, 0.3) is 0 Å². The number of hydrogen-bond acceptors (Lipinski definition) is 5. The van der Waals surface area contributed by atoms with Crippen molar-refractivity contribution < 1.29 is 9.47 Å². The Hall–Kier alpha value is -2.01. The molecule has 1 aliphatic heterocycles. The highest BCUT2D eigenvalue weighted by Gasteiger charge is 2.21. The van der Waals surface area contributed by atoms with Crippen molar-refractivity contribution in [1.29, 1.82) is 0 Å². The van der Waals surface area contributed by atoms with Crippen molar-refractivity contribution in [3.8, 4) is 11.5 Å². The van der Waals surface area contributed by atoms with Crippen molar-refractivity contribution in [2.24, 2.45) is 12.0 Å². The fourth-order valence-corrected chi connectivity index (χ4v) is 3.94. The number of aliphatic imine (C=N–C) groups is 1. The third kappa shape index (κ3) is 6.03. The number of nitrogens with one attached hydrogen (secondary N) is 1. The number of aryl methyl sites for hydroxylation is 2. The monoisotopic (exact) mass is 542 g/mol. The lowest BCUT2D eigenvalue weighted by Crippen LogP contribution is -2.52. The van der Waals surface area contributed by atoms with E-state index in [-0.39, 0.29) is 24.0 Å². The van der Waals surface area contributed by atoms with Gasteiger partial charge in [-0.25, -0.2) is 0 Å². The summed E-state index contributed by atoms with van der Waals surface area (Å²) in [6, 6.07) is 5.96. The molecule has 0 aliphatic carbocycles. The highest BCUT2D eigenvalue weighted by atomic mass is 127. The van der Waals surface area contributed by atoms with Crippen LogP contribution in [0.3, 0.4) is 0 Å². The Bertz CT molecular complexity index is 890. The van der Waals surface area contributed by atoms with Gasteiger partial charge in [0.1, 0.15) is 11.5 Å². The van der Waals surface area contributed by atoms with Crippen molar-refractivity contribution in [1.82, 2.24) is 24.9 Å². The molecular weight excluding hydrogens is 507 g/mol. The molecule has 1 aliphatic rings. The van der Waals surface area contributed by atoms with E-state index in [1.54, 1.807) is 14.2 Å². The number of rotatable bonds is 6. The van der Waals surface area contributed by atoms with Crippen LogP contribution >= 0.6 is 24.0 Å². The Labute approximate surface area is 202 Å². The zero-order valence-electron chi connectivity index (χ0n) is 19.4. The third-order valence-corrected chi connectivity index (χ3v) is 5.85. The molecule has 1 aromatic heterocycles. The molecule has 3 rings (SSSR count). The molecular formula is C22H35IN6O2. The number of nitrogens with zero attached hydrogens (tertiary/aromatic N) is 5. The summed E-state index contributed by atoms with van der Waals surface area (Å²) in [5.41, 5.74) is 4.64. The number of piperazine rings is 1. The lowest BCUT2D eigenvalue weighted by atomic mass is 10.1. The predicted molar refractivity (Wildman–Crippen MR) is 135 cm³/mol. The Balaban J connectivity index is 0.00000341. The van der Waals surface area contributed by atoms with Crippen LogP contribution in [0.1, 0.15) is 22.5 Å². The number of benzene rings is 1. The van der Waals surface area contributed by atoms with Gasteiger partial charge in [-0.05, 0) is 32.0 Å². The first-order valence-corrected chi connectivity index (χ1v) is 10.3. The van der Waals surface area contributed by atoms with Gasteiger partial charge in [0.05, 0.1) is 19.9 Å². The average Bonchev–Trinajstić information content (AvgIpc) is 3.00. The summed E-state index contributed by atoms with van der Waals surface area (Å²) in [5.74, 6) is 2.70. The molecule has 0 bridgehead atoms. The summed E-state index contributed by atoms with van der Waals surface area (Å²) in [4.78, 5) is 9.26. The number of ether oxygens (including phenoxy) is 2. The van der Waals surface area contributed by atoms with E-state index >= 15 is 0 Å². The Morgan fingerprint density at radius 3 is 2.39 bits per heavy atom. The SMILES string of the molecule is CN=C(NCc1c(C)nn(C)c1C)N1CCN(Cc2cc(OC)ccc2OC)CC1.I. The van der Waals surface area contributed by atoms with Crippen molar-refractivity contribution in [2.45, 2.75) is 26.9 Å². The van der Waals surface area contributed by atoms with E-state index in [0.717, 1.165) is 68.0 Å². The normalized spacial score (nSPS) is 14.9. The molecule has 1 aromatic carbocycles. The molecule has 31 heavy (non-hydrogen) atoms. The van der Waals surface area contributed by atoms with Gasteiger partial charge in [0.15, 0.2) is 5.96 Å². The van der Waals surface area contributed by atoms with Gasteiger partial charge in [-0.2, -0.15) is 5.10 Å². The highest BCUT2D eigenvalue weighted by molar-refractivity contribution is 14.0. The molecule has 172 valence electrons. The maximum absolute atomic E-state index is 5.53. The van der Waals surface area contributed by atoms with Crippen LogP contribution < -0.4 is 14.8 Å². The molecule has 0 saturated carbocycles. The molecule has 2 aromatic rings. The van der Waals surface area contributed by atoms with Crippen molar-refractivity contribution in [3.05, 3.63) is 40.7 Å². The van der Waals surface area contributed by atoms with Crippen LogP contribution in [-0.2, 0) is 20.1 Å². The minimum absolute atomic E-state index is 0. The van der Waals surface area contributed by atoms with Gasteiger partial charge in [-0.3, -0.25) is 14.6 Å². The second-order valence-corrected chi connectivity index (χ2v) is 7.61. The summed E-state index contributed by atoms with van der Waals surface area (Å²) < 4.78 is 12.8. The van der Waals surface area contributed by atoms with Crippen LogP contribution in [0.5, 0.6) is 11.5 Å². The maximum Gasteiger partial charge on any atom is 0.194 e. The van der Waals surface area contributed by atoms with Gasteiger partial charge >= 0.3 is 0 Å². The van der Waals surface area contributed by atoms with E-state index in [1.165, 1.54) is 11.3 Å². The molecule has 0 atom stereocenters. The molecule has 0 spiro atoms. The molecule has 1 fully saturated rings. The van der Waals surface area contributed by atoms with Gasteiger partial charge in [-0.1, -0.05) is 0 Å². The number of methoxy groups -OCH3 is 2. The average molecular weight is 542 g/mol. The summed E-state index contributed by atoms with van der Waals surface area (Å²) in [6.45, 7) is 9.52. The van der Waals surface area contributed by atoms with Gasteiger partial charge in [0.2, 0.25) is 0 Å². The van der Waals surface area contributed by atoms with Gasteiger partial charge < -0.3 is 19.7 Å². The third-order valence-electron chi connectivity index (χ3n) is 5.85. The first-order valence-electron chi connectivity index (χ1n) is 10.3. The predicted octanol–water partition coefficient (Wildman–Crippen LogP) is 2.57. The van der Waals surface area contributed by atoms with Crippen molar-refractivity contribution in [2.75, 3.05) is 47.4 Å². The van der Waals surface area contributed by atoms with Crippen LogP contribution in [0.15, 0.2) is 23.2 Å². The van der Waals surface area contributed by atoms with E-state index in [0.29, 0.717) is 0 Å². The van der Waals surface area contributed by atoms with Crippen LogP contribution in [-0.4, -0.2) is 73.0 Å². The topological polar surface area (TPSA) is 67.2 Å². The largest absolute Gasteiger partial charge is 0.497 e. The summed E-state index contributed by atoms with van der Waals surface area (Å²) >= 11 is 0. The number of guanidine groups is 1. The Morgan fingerprint density at radius 1 is 1.13 bits per heavy atom. The van der Waals surface area contributed by atoms with Crippen LogP contribution in [0, 0.1) is 13.8 Å². The first kappa shape index (κ1) is 25.3. The quantitative estimate of drug-likeness (QED) is 0.344. The molecule has 0 amide bonds. The zero-order chi connectivity index (χ0) is 21.7. The molecule has 0 radical (unpaired) electrons. The first-order chi connectivity index (χ1) is 14.5. The fraction of sp³-hybridized carbons (Fsp3) is 0.545. The fourth-order valence-electron chi connectivity index (χ4n) is 3.94. The molecule has 1 N–H and O–H groups in total. The minimum Gasteiger partial charge on any atom is -0.497 e. The van der Waals surface area contributed by atoms with E-state index in [9.17, 15) is 0 Å². The van der Waals surface area contributed by atoms with Gasteiger partial charge in [0.25, 0.3) is 0 Å². The smallest absolute Gasteiger partial charge is 0.194 e. The summed E-state index contributed by atoms with van der Waals surface area (Å²) in [5, 5.41) is 8.02. The van der Waals surface area contributed by atoms with Crippen LogP contribution in [0.2, 0.25) is 0 Å². The van der Waals surface area contributed by atoms with Gasteiger partial charge in [0, 0.05) is 70.2 Å². The van der Waals surface area contributed by atoms with E-state index in [2.05, 4.69) is 45.1 Å². The standard InChI is InChI=1S/C22H34N6O2.HI/c1-16-20(17(2)26(4)25-16)14-24-22(23-3)28-11-9-27(10-12-28)15-18-13-19(29-5)7-8-21(18)30-6;/h7-8,13H,9-12,14-15H2,1-6H3,(H,23,24);1H. The zero-order valence-corrected chi connectivity index (χ0v) is 21.8. The Kier molecular flexibility index (Phi) is 9.42. The lowest BCUT2D eigenvalue weighted by molar-refractivity contribution is 0.171. The summed E-state index contributed by atoms with van der Waals surface area (Å²) in [7, 11) is 7.23. The van der Waals surface area contributed by atoms with Crippen molar-refractivity contribution in [3.63, 3.8) is 0 Å². The summed E-state index contributed by atoms with van der Waals surface area (Å²) in [6.07, 6.45) is 0. The van der Waals surface area contributed by atoms with E-state index in [4.69, 9.17) is 9.47 Å². The van der Waals surface area contributed by atoms with Crippen molar-refractivity contribution >= 4 is 29.9 Å². The van der Waals surface area contributed by atoms with Crippen LogP contribution in [0.4, 0.5) is 0 Å². The second kappa shape index (κ2) is 11.6. The molecule has 2 heterocycles. The molecule has 9 heteroatoms. The molecule has 0 unspecified atom stereocenters. The number of hydrogen-bond donors (Lipinski definition) is 1. The number of aromatic nitrogens is 2. The van der Waals surface area contributed by atoms with E-state index in [1.807, 2.05) is 30.9 Å². The minimum atomic E-state index is 0. The maximum atomic E-state index is 5.53. The lowest BCUT2D eigenvalue weighted by Gasteiger charge is -2.36. The van der Waals surface area contributed by atoms with E-state index < -0.39 is 0 Å². The highest BCUT2D eigenvalue weighted by Crippen LogP contribution is 2.25. The van der Waals surface area contributed by atoms with Gasteiger partial charge in [-0.15, -0.1) is 24.0 Å². The second-order valence-electron chi connectivity index (χ2n) is 7.61. The molecule has 1 saturated heterocycles.